The van der Waals surface area contributed by atoms with Crippen LogP contribution < -0.4 is 0 Å². The van der Waals surface area contributed by atoms with E-state index in [1.165, 1.54) is 0 Å². The Morgan fingerprint density at radius 3 is 2.95 bits per heavy atom. The van der Waals surface area contributed by atoms with Gasteiger partial charge in [-0.05, 0) is 17.0 Å². The summed E-state index contributed by atoms with van der Waals surface area (Å²) in [5, 5.41) is 2.03. The van der Waals surface area contributed by atoms with Crippen molar-refractivity contribution < 1.29 is 9.53 Å². The minimum Gasteiger partial charge on any atom is -0.350 e. The van der Waals surface area contributed by atoms with Gasteiger partial charge in [0.25, 0.3) is 0 Å². The quantitative estimate of drug-likeness (QED) is 0.750. The summed E-state index contributed by atoms with van der Waals surface area (Å²) in [6, 6.07) is 12.0. The van der Waals surface area contributed by atoms with Crippen LogP contribution in [-0.4, -0.2) is 17.1 Å². The van der Waals surface area contributed by atoms with Gasteiger partial charge in [-0.15, -0.1) is 11.3 Å². The number of epoxide rings is 1. The highest BCUT2D eigenvalue weighted by Crippen LogP contribution is 2.55. The SMILES string of the molecule is O=C1c2ccccc2CSC[C@]12O[C@@H]2c1cccs1. The average Bonchev–Trinajstić information content (AvgIpc) is 2.96. The molecule has 2 aliphatic heterocycles. The molecule has 19 heavy (non-hydrogen) atoms. The van der Waals surface area contributed by atoms with Crippen LogP contribution >= 0.6 is 23.1 Å². The molecule has 1 fully saturated rings. The Labute approximate surface area is 119 Å². The summed E-state index contributed by atoms with van der Waals surface area (Å²) in [6.07, 6.45) is -0.0429. The van der Waals surface area contributed by atoms with Gasteiger partial charge in [0.2, 0.25) is 0 Å². The Morgan fingerprint density at radius 2 is 2.11 bits per heavy atom. The molecule has 1 saturated heterocycles. The lowest BCUT2D eigenvalue weighted by Crippen LogP contribution is -2.27. The van der Waals surface area contributed by atoms with E-state index in [4.69, 9.17) is 4.74 Å². The molecule has 0 radical (unpaired) electrons. The molecular formula is C15H12O2S2. The van der Waals surface area contributed by atoms with Crippen LogP contribution in [0.2, 0.25) is 0 Å². The van der Waals surface area contributed by atoms with E-state index in [0.717, 1.165) is 27.5 Å². The Hall–Kier alpha value is -1.10. The number of fused-ring (bicyclic) bond motifs is 1. The van der Waals surface area contributed by atoms with Crippen LogP contribution in [0.5, 0.6) is 0 Å². The lowest BCUT2D eigenvalue weighted by molar-refractivity contribution is 0.0892. The summed E-state index contributed by atoms with van der Waals surface area (Å²) in [5.41, 5.74) is 1.36. The molecule has 2 atom stereocenters. The van der Waals surface area contributed by atoms with Crippen molar-refractivity contribution >= 4 is 28.9 Å². The van der Waals surface area contributed by atoms with Crippen LogP contribution in [0.15, 0.2) is 41.8 Å². The number of carbonyl (C=O) groups excluding carboxylic acids is 1. The van der Waals surface area contributed by atoms with E-state index >= 15 is 0 Å². The van der Waals surface area contributed by atoms with Crippen molar-refractivity contribution in [2.75, 3.05) is 5.75 Å². The molecule has 4 heteroatoms. The van der Waals surface area contributed by atoms with Crippen molar-refractivity contribution in [3.63, 3.8) is 0 Å². The highest BCUT2D eigenvalue weighted by atomic mass is 32.2. The monoisotopic (exact) mass is 288 g/mol. The van der Waals surface area contributed by atoms with Crippen molar-refractivity contribution in [1.82, 2.24) is 0 Å². The van der Waals surface area contributed by atoms with Crippen molar-refractivity contribution in [3.8, 4) is 0 Å². The summed E-state index contributed by atoms with van der Waals surface area (Å²) < 4.78 is 5.88. The molecule has 2 nitrogen and oxygen atoms in total. The van der Waals surface area contributed by atoms with Gasteiger partial charge in [-0.3, -0.25) is 4.79 Å². The fourth-order valence-electron chi connectivity index (χ4n) is 2.66. The van der Waals surface area contributed by atoms with Crippen LogP contribution in [0.25, 0.3) is 0 Å². The van der Waals surface area contributed by atoms with Crippen molar-refractivity contribution in [2.45, 2.75) is 17.5 Å². The summed E-state index contributed by atoms with van der Waals surface area (Å²) >= 11 is 3.46. The number of hydrogen-bond acceptors (Lipinski definition) is 4. The van der Waals surface area contributed by atoms with Gasteiger partial charge in [0.05, 0.1) is 0 Å². The Bertz CT molecular complexity index is 635. The van der Waals surface area contributed by atoms with Gasteiger partial charge in [0, 0.05) is 21.9 Å². The van der Waals surface area contributed by atoms with Crippen molar-refractivity contribution in [1.29, 1.82) is 0 Å². The highest BCUT2D eigenvalue weighted by Gasteiger charge is 2.63. The standard InChI is InChI=1S/C15H12O2S2/c16-13-11-5-2-1-4-10(11)8-18-9-15(13)14(17-15)12-6-3-7-19-12/h1-7,14H,8-9H2/t14-,15+/m1/s1. The number of hydrogen-bond donors (Lipinski definition) is 0. The number of ketones is 1. The van der Waals surface area contributed by atoms with Crippen LogP contribution in [0.4, 0.5) is 0 Å². The Morgan fingerprint density at radius 1 is 1.21 bits per heavy atom. The maximum absolute atomic E-state index is 12.8. The van der Waals surface area contributed by atoms with Gasteiger partial charge in [-0.1, -0.05) is 30.3 Å². The first-order valence-corrected chi connectivity index (χ1v) is 8.26. The van der Waals surface area contributed by atoms with E-state index in [2.05, 4.69) is 6.07 Å². The first kappa shape index (κ1) is 11.7. The number of Topliss-reactive ketones (excluding diaryl/α,β-unsaturated/α-hetero) is 1. The molecular weight excluding hydrogens is 276 g/mol. The van der Waals surface area contributed by atoms with E-state index < -0.39 is 5.60 Å². The van der Waals surface area contributed by atoms with E-state index in [9.17, 15) is 4.79 Å². The molecule has 1 aromatic heterocycles. The molecule has 0 aliphatic carbocycles. The second-order valence-corrected chi connectivity index (χ2v) is 6.85. The maximum Gasteiger partial charge on any atom is 0.198 e. The third-order valence-electron chi connectivity index (χ3n) is 3.72. The van der Waals surface area contributed by atoms with Crippen LogP contribution in [0.3, 0.4) is 0 Å². The van der Waals surface area contributed by atoms with Gasteiger partial charge in [-0.25, -0.2) is 0 Å². The Kier molecular flexibility index (Phi) is 2.59. The molecule has 96 valence electrons. The molecule has 0 saturated carbocycles. The van der Waals surface area contributed by atoms with E-state index in [-0.39, 0.29) is 11.9 Å². The fourth-order valence-corrected chi connectivity index (χ4v) is 4.72. The molecule has 1 spiro atoms. The van der Waals surface area contributed by atoms with Crippen LogP contribution in [0, 0.1) is 0 Å². The summed E-state index contributed by atoms with van der Waals surface area (Å²) in [5.74, 6) is 1.80. The zero-order chi connectivity index (χ0) is 12.9. The number of rotatable bonds is 1. The predicted molar refractivity (Wildman–Crippen MR) is 77.8 cm³/mol. The topological polar surface area (TPSA) is 29.6 Å². The van der Waals surface area contributed by atoms with Crippen LogP contribution in [0.1, 0.15) is 26.9 Å². The lowest BCUT2D eigenvalue weighted by atomic mass is 9.93. The highest BCUT2D eigenvalue weighted by molar-refractivity contribution is 7.98. The fraction of sp³-hybridized carbons (Fsp3) is 0.267. The third kappa shape index (κ3) is 1.71. The van der Waals surface area contributed by atoms with Crippen molar-refractivity contribution in [2.24, 2.45) is 0 Å². The zero-order valence-electron chi connectivity index (χ0n) is 10.2. The summed E-state index contributed by atoms with van der Waals surface area (Å²) in [6.45, 7) is 0. The average molecular weight is 288 g/mol. The van der Waals surface area contributed by atoms with Gasteiger partial charge in [0.15, 0.2) is 11.4 Å². The molecule has 2 aromatic rings. The normalized spacial score (nSPS) is 29.1. The second-order valence-electron chi connectivity index (χ2n) is 4.88. The molecule has 2 aliphatic rings. The van der Waals surface area contributed by atoms with Crippen molar-refractivity contribution in [3.05, 3.63) is 57.8 Å². The molecule has 0 bridgehead atoms. The predicted octanol–water partition coefficient (Wildman–Crippen LogP) is 3.69. The minimum absolute atomic E-state index is 0.0429. The lowest BCUT2D eigenvalue weighted by Gasteiger charge is -2.08. The molecule has 0 amide bonds. The van der Waals surface area contributed by atoms with E-state index in [1.54, 1.807) is 23.1 Å². The maximum atomic E-state index is 12.8. The number of benzene rings is 1. The summed E-state index contributed by atoms with van der Waals surface area (Å²) in [7, 11) is 0. The molecule has 0 N–H and O–H groups in total. The first-order chi connectivity index (χ1) is 9.31. The Balaban J connectivity index is 1.75. The van der Waals surface area contributed by atoms with Gasteiger partial charge in [0.1, 0.15) is 6.10 Å². The molecule has 4 rings (SSSR count). The van der Waals surface area contributed by atoms with Gasteiger partial charge < -0.3 is 4.74 Å². The summed E-state index contributed by atoms with van der Waals surface area (Å²) in [4.78, 5) is 14.0. The number of carbonyl (C=O) groups is 1. The molecule has 0 unspecified atom stereocenters. The second kappa shape index (κ2) is 4.20. The van der Waals surface area contributed by atoms with Crippen LogP contribution in [-0.2, 0) is 10.5 Å². The number of ether oxygens (including phenoxy) is 1. The van der Waals surface area contributed by atoms with E-state index in [1.807, 2.05) is 35.7 Å². The minimum atomic E-state index is -0.609. The first-order valence-electron chi connectivity index (χ1n) is 6.23. The number of thioether (sulfide) groups is 1. The van der Waals surface area contributed by atoms with E-state index in [0.29, 0.717) is 0 Å². The largest absolute Gasteiger partial charge is 0.350 e. The molecule has 3 heterocycles. The smallest absolute Gasteiger partial charge is 0.198 e. The molecule has 1 aromatic carbocycles. The van der Waals surface area contributed by atoms with Gasteiger partial charge >= 0.3 is 0 Å². The zero-order valence-corrected chi connectivity index (χ0v) is 11.8. The van der Waals surface area contributed by atoms with Gasteiger partial charge in [-0.2, -0.15) is 11.8 Å². The third-order valence-corrected chi connectivity index (χ3v) is 5.78. The number of thiophene rings is 1.